The second-order valence-corrected chi connectivity index (χ2v) is 5.30. The number of rotatable bonds is 20. The van der Waals surface area contributed by atoms with E-state index in [1.165, 1.54) is 0 Å². The van der Waals surface area contributed by atoms with Crippen molar-refractivity contribution >= 4 is 5.91 Å². The molecular weight excluding hydrogens is 328 g/mol. The second-order valence-electron chi connectivity index (χ2n) is 5.30. The van der Waals surface area contributed by atoms with Crippen molar-refractivity contribution in [2.45, 2.75) is 26.2 Å². The first-order valence-corrected chi connectivity index (χ1v) is 9.16. The molecule has 25 heavy (non-hydrogen) atoms. The van der Waals surface area contributed by atoms with Crippen LogP contribution in [-0.4, -0.2) is 85.1 Å². The van der Waals surface area contributed by atoms with Crippen LogP contribution in [0.25, 0.3) is 0 Å². The number of hydrogen-bond donors (Lipinski definition) is 2. The lowest BCUT2D eigenvalue weighted by Crippen LogP contribution is -2.27. The van der Waals surface area contributed by atoms with Gasteiger partial charge in [-0.1, -0.05) is 13.3 Å². The van der Waals surface area contributed by atoms with Crippen LogP contribution < -0.4 is 11.1 Å². The molecule has 0 unspecified atom stereocenters. The van der Waals surface area contributed by atoms with Crippen LogP contribution in [0, 0.1) is 0 Å². The van der Waals surface area contributed by atoms with Gasteiger partial charge in [-0.25, -0.2) is 0 Å². The summed E-state index contributed by atoms with van der Waals surface area (Å²) in [7, 11) is 0. The van der Waals surface area contributed by atoms with Crippen LogP contribution in [0.2, 0.25) is 0 Å². The van der Waals surface area contributed by atoms with Crippen molar-refractivity contribution in [1.82, 2.24) is 5.32 Å². The largest absolute Gasteiger partial charge is 0.378 e. The molecule has 0 aliphatic carbocycles. The van der Waals surface area contributed by atoms with E-state index in [0.29, 0.717) is 85.6 Å². The number of carbonyl (C=O) groups excluding carboxylic acids is 1. The molecule has 0 bridgehead atoms. The maximum absolute atomic E-state index is 11.3. The molecule has 0 saturated heterocycles. The van der Waals surface area contributed by atoms with Gasteiger partial charge in [-0.2, -0.15) is 0 Å². The fraction of sp³-hybridized carbons (Fsp3) is 0.941. The maximum Gasteiger partial charge on any atom is 0.220 e. The predicted molar refractivity (Wildman–Crippen MR) is 95.7 cm³/mol. The summed E-state index contributed by atoms with van der Waals surface area (Å²) in [5, 5.41) is 2.82. The molecular formula is C17H36N2O6. The Labute approximate surface area is 151 Å². The van der Waals surface area contributed by atoms with Gasteiger partial charge in [0.15, 0.2) is 0 Å². The van der Waals surface area contributed by atoms with Crippen molar-refractivity contribution in [2.75, 3.05) is 79.2 Å². The molecule has 0 aromatic carbocycles. The topological polar surface area (TPSA) is 101 Å². The van der Waals surface area contributed by atoms with Crippen LogP contribution in [0.1, 0.15) is 26.2 Å². The molecule has 0 spiro atoms. The molecule has 0 saturated carbocycles. The van der Waals surface area contributed by atoms with E-state index < -0.39 is 0 Å². The molecule has 8 heteroatoms. The summed E-state index contributed by atoms with van der Waals surface area (Å²) in [6.45, 7) is 8.48. The van der Waals surface area contributed by atoms with Crippen LogP contribution in [0.15, 0.2) is 0 Å². The highest BCUT2D eigenvalue weighted by Gasteiger charge is 1.98. The Morgan fingerprint density at radius 3 is 1.64 bits per heavy atom. The zero-order valence-corrected chi connectivity index (χ0v) is 15.6. The molecule has 150 valence electrons. The van der Waals surface area contributed by atoms with Crippen molar-refractivity contribution in [3.63, 3.8) is 0 Å². The van der Waals surface area contributed by atoms with Gasteiger partial charge in [-0.3, -0.25) is 4.79 Å². The SMILES string of the molecule is CCCCC(=O)NCCOCCOCCOCCOCCOCCN. The van der Waals surface area contributed by atoms with Crippen LogP contribution in [-0.2, 0) is 28.5 Å². The Hall–Kier alpha value is -0.770. The molecule has 0 heterocycles. The summed E-state index contributed by atoms with van der Waals surface area (Å²) in [5.41, 5.74) is 5.29. The highest BCUT2D eigenvalue weighted by molar-refractivity contribution is 5.75. The molecule has 0 aromatic heterocycles. The smallest absolute Gasteiger partial charge is 0.220 e. The third kappa shape index (κ3) is 21.2. The molecule has 0 radical (unpaired) electrons. The molecule has 0 aliphatic rings. The monoisotopic (exact) mass is 364 g/mol. The van der Waals surface area contributed by atoms with E-state index in [1.54, 1.807) is 0 Å². The standard InChI is InChI=1S/C17H36N2O6/c1-2-3-4-17(20)19-6-8-22-10-12-24-14-16-25-15-13-23-11-9-21-7-5-18/h2-16,18H2,1H3,(H,19,20). The van der Waals surface area contributed by atoms with Crippen LogP contribution in [0.4, 0.5) is 0 Å². The van der Waals surface area contributed by atoms with Crippen LogP contribution in [0.3, 0.4) is 0 Å². The van der Waals surface area contributed by atoms with E-state index in [0.717, 1.165) is 12.8 Å². The van der Waals surface area contributed by atoms with E-state index in [-0.39, 0.29) is 5.91 Å². The Balaban J connectivity index is 3.04. The molecule has 1 amide bonds. The first-order chi connectivity index (χ1) is 12.3. The highest BCUT2D eigenvalue weighted by atomic mass is 16.6. The number of carbonyl (C=O) groups is 1. The third-order valence-electron chi connectivity index (χ3n) is 3.08. The van der Waals surface area contributed by atoms with E-state index in [1.807, 2.05) is 0 Å². The van der Waals surface area contributed by atoms with Gasteiger partial charge in [0.2, 0.25) is 5.91 Å². The van der Waals surface area contributed by atoms with Gasteiger partial charge in [-0.15, -0.1) is 0 Å². The van der Waals surface area contributed by atoms with Gasteiger partial charge < -0.3 is 34.7 Å². The summed E-state index contributed by atoms with van der Waals surface area (Å²) in [4.78, 5) is 11.3. The average molecular weight is 364 g/mol. The maximum atomic E-state index is 11.3. The van der Waals surface area contributed by atoms with Gasteiger partial charge in [0, 0.05) is 19.5 Å². The Kier molecular flexibility index (Phi) is 20.6. The van der Waals surface area contributed by atoms with Gasteiger partial charge in [0.25, 0.3) is 0 Å². The lowest BCUT2D eigenvalue weighted by Gasteiger charge is -2.08. The summed E-state index contributed by atoms with van der Waals surface area (Å²) in [6.07, 6.45) is 2.55. The molecule has 0 aromatic rings. The van der Waals surface area contributed by atoms with E-state index in [2.05, 4.69) is 12.2 Å². The molecule has 3 N–H and O–H groups in total. The van der Waals surface area contributed by atoms with E-state index >= 15 is 0 Å². The minimum absolute atomic E-state index is 0.0888. The van der Waals surface area contributed by atoms with Crippen molar-refractivity contribution in [3.05, 3.63) is 0 Å². The average Bonchev–Trinajstić information content (AvgIpc) is 2.62. The fourth-order valence-electron chi connectivity index (χ4n) is 1.75. The van der Waals surface area contributed by atoms with Gasteiger partial charge in [0.05, 0.1) is 66.1 Å². The van der Waals surface area contributed by atoms with E-state index in [9.17, 15) is 4.79 Å². The third-order valence-corrected chi connectivity index (χ3v) is 3.08. The predicted octanol–water partition coefficient (Wildman–Crippen LogP) is 0.335. The number of ether oxygens (including phenoxy) is 5. The number of hydrogen-bond acceptors (Lipinski definition) is 7. The highest BCUT2D eigenvalue weighted by Crippen LogP contribution is 1.92. The second kappa shape index (κ2) is 21.3. The lowest BCUT2D eigenvalue weighted by molar-refractivity contribution is -0.121. The van der Waals surface area contributed by atoms with Crippen LogP contribution >= 0.6 is 0 Å². The fourth-order valence-corrected chi connectivity index (χ4v) is 1.75. The summed E-state index contributed by atoms with van der Waals surface area (Å²) < 4.78 is 26.6. The zero-order valence-electron chi connectivity index (χ0n) is 15.6. The Morgan fingerprint density at radius 1 is 0.760 bits per heavy atom. The number of amides is 1. The first kappa shape index (κ1) is 24.2. The van der Waals surface area contributed by atoms with Crippen LogP contribution in [0.5, 0.6) is 0 Å². The normalized spacial score (nSPS) is 11.0. The van der Waals surface area contributed by atoms with Gasteiger partial charge in [-0.05, 0) is 6.42 Å². The Morgan fingerprint density at radius 2 is 1.20 bits per heavy atom. The van der Waals surface area contributed by atoms with Crippen molar-refractivity contribution in [1.29, 1.82) is 0 Å². The first-order valence-electron chi connectivity index (χ1n) is 9.16. The van der Waals surface area contributed by atoms with Crippen molar-refractivity contribution in [3.8, 4) is 0 Å². The zero-order chi connectivity index (χ0) is 18.4. The quantitative estimate of drug-likeness (QED) is 0.300. The molecule has 0 atom stereocenters. The number of nitrogens with one attached hydrogen (secondary N) is 1. The van der Waals surface area contributed by atoms with E-state index in [4.69, 9.17) is 29.4 Å². The molecule has 8 nitrogen and oxygen atoms in total. The van der Waals surface area contributed by atoms with Gasteiger partial charge in [0.1, 0.15) is 0 Å². The summed E-state index contributed by atoms with van der Waals surface area (Å²) >= 11 is 0. The van der Waals surface area contributed by atoms with Crippen molar-refractivity contribution < 1.29 is 28.5 Å². The molecule has 0 fully saturated rings. The molecule has 0 aliphatic heterocycles. The lowest BCUT2D eigenvalue weighted by atomic mass is 10.2. The number of unbranched alkanes of at least 4 members (excludes halogenated alkanes) is 1. The summed E-state index contributed by atoms with van der Waals surface area (Å²) in [6, 6.07) is 0. The van der Waals surface area contributed by atoms with Crippen molar-refractivity contribution in [2.24, 2.45) is 5.73 Å². The summed E-state index contributed by atoms with van der Waals surface area (Å²) in [5.74, 6) is 0.0888. The van der Waals surface area contributed by atoms with Gasteiger partial charge >= 0.3 is 0 Å². The Bertz CT molecular complexity index is 282. The molecule has 0 rings (SSSR count). The number of nitrogens with two attached hydrogens (primary N) is 1. The minimum Gasteiger partial charge on any atom is -0.378 e. The minimum atomic E-state index is 0.0888.